The molecule has 0 aliphatic carbocycles. The van der Waals surface area contributed by atoms with Gasteiger partial charge >= 0.3 is 0 Å². The molecule has 0 bridgehead atoms. The predicted octanol–water partition coefficient (Wildman–Crippen LogP) is 1.53. The second-order valence-electron chi connectivity index (χ2n) is 1.40. The fourth-order valence-electron chi connectivity index (χ4n) is 0.460. The van der Waals surface area contributed by atoms with Gasteiger partial charge in [-0.2, -0.15) is 0 Å². The van der Waals surface area contributed by atoms with Crippen LogP contribution in [-0.2, 0) is 10.8 Å². The molecule has 1 atom stereocenters. The molecular formula is C6H6O2S. The Kier molecular flexibility index (Phi) is 1.85. The van der Waals surface area contributed by atoms with Crippen molar-refractivity contribution in [2.24, 2.45) is 0 Å². The van der Waals surface area contributed by atoms with Crippen LogP contribution in [-0.4, -0.2) is 4.21 Å². The first-order chi connectivity index (χ1) is 4.34. The van der Waals surface area contributed by atoms with E-state index in [2.05, 4.69) is 6.58 Å². The van der Waals surface area contributed by atoms with E-state index in [1.807, 2.05) is 0 Å². The van der Waals surface area contributed by atoms with Crippen LogP contribution in [0.15, 0.2) is 39.9 Å². The molecule has 9 heavy (non-hydrogen) atoms. The zero-order chi connectivity index (χ0) is 6.69. The Morgan fingerprint density at radius 1 is 1.78 bits per heavy atom. The third kappa shape index (κ3) is 1.29. The summed E-state index contributed by atoms with van der Waals surface area (Å²) in [7, 11) is -1.16. The summed E-state index contributed by atoms with van der Waals surface area (Å²) in [6.07, 6.45) is 1.48. The molecule has 0 aliphatic heterocycles. The lowest BCUT2D eigenvalue weighted by molar-refractivity contribution is 0.467. The molecule has 0 N–H and O–H groups in total. The van der Waals surface area contributed by atoms with E-state index in [0.29, 0.717) is 5.09 Å². The van der Waals surface area contributed by atoms with Crippen LogP contribution in [0, 0.1) is 0 Å². The maximum atomic E-state index is 10.8. The topological polar surface area (TPSA) is 30.2 Å². The lowest BCUT2D eigenvalue weighted by Gasteiger charge is -1.83. The van der Waals surface area contributed by atoms with Crippen molar-refractivity contribution in [3.05, 3.63) is 30.4 Å². The van der Waals surface area contributed by atoms with Crippen LogP contribution in [0.5, 0.6) is 0 Å². The molecule has 0 unspecified atom stereocenters. The van der Waals surface area contributed by atoms with Crippen molar-refractivity contribution < 1.29 is 8.63 Å². The van der Waals surface area contributed by atoms with Crippen molar-refractivity contribution in [1.82, 2.24) is 0 Å². The van der Waals surface area contributed by atoms with Gasteiger partial charge in [-0.25, -0.2) is 4.21 Å². The Hall–Kier alpha value is -0.830. The second kappa shape index (κ2) is 2.64. The highest BCUT2D eigenvalue weighted by Gasteiger charge is 1.98. The first-order valence-corrected chi connectivity index (χ1v) is 3.62. The number of hydrogen-bond acceptors (Lipinski definition) is 2. The molecular weight excluding hydrogens is 136 g/mol. The highest BCUT2D eigenvalue weighted by molar-refractivity contribution is 7.87. The van der Waals surface area contributed by atoms with Gasteiger partial charge in [0.05, 0.1) is 6.26 Å². The zero-order valence-corrected chi connectivity index (χ0v) is 5.56. The summed E-state index contributed by atoms with van der Waals surface area (Å²) < 4.78 is 15.6. The smallest absolute Gasteiger partial charge is 0.194 e. The largest absolute Gasteiger partial charge is 0.455 e. The van der Waals surface area contributed by atoms with Gasteiger partial charge in [0.1, 0.15) is 10.8 Å². The fourth-order valence-corrected chi connectivity index (χ4v) is 0.987. The SMILES string of the molecule is C=C[S@@](=O)c1ccco1. The lowest BCUT2D eigenvalue weighted by Crippen LogP contribution is -1.78. The molecule has 1 heterocycles. The van der Waals surface area contributed by atoms with Crippen LogP contribution in [0.4, 0.5) is 0 Å². The summed E-state index contributed by atoms with van der Waals surface area (Å²) in [5, 5.41) is 1.78. The van der Waals surface area contributed by atoms with Crippen LogP contribution < -0.4 is 0 Å². The normalized spacial score (nSPS) is 12.9. The molecule has 1 aromatic heterocycles. The summed E-state index contributed by atoms with van der Waals surface area (Å²) in [5.41, 5.74) is 0. The highest BCUT2D eigenvalue weighted by Crippen LogP contribution is 2.05. The number of hydrogen-bond donors (Lipinski definition) is 0. The van der Waals surface area contributed by atoms with Gasteiger partial charge in [-0.3, -0.25) is 0 Å². The van der Waals surface area contributed by atoms with Gasteiger partial charge in [0, 0.05) is 5.41 Å². The average molecular weight is 142 g/mol. The van der Waals surface area contributed by atoms with Gasteiger partial charge in [0.25, 0.3) is 0 Å². The molecule has 2 nitrogen and oxygen atoms in total. The Labute approximate surface area is 55.6 Å². The van der Waals surface area contributed by atoms with E-state index in [-0.39, 0.29) is 0 Å². The molecule has 0 aliphatic rings. The predicted molar refractivity (Wildman–Crippen MR) is 35.3 cm³/mol. The number of furan rings is 1. The van der Waals surface area contributed by atoms with Crippen LogP contribution in [0.2, 0.25) is 0 Å². The molecule has 0 spiro atoms. The van der Waals surface area contributed by atoms with Gasteiger partial charge in [0.15, 0.2) is 5.09 Å². The average Bonchev–Trinajstić information content (AvgIpc) is 2.37. The second-order valence-corrected chi connectivity index (χ2v) is 2.73. The van der Waals surface area contributed by atoms with E-state index in [1.165, 1.54) is 11.7 Å². The molecule has 48 valence electrons. The quantitative estimate of drug-likeness (QED) is 0.626. The van der Waals surface area contributed by atoms with Crippen LogP contribution in [0.1, 0.15) is 0 Å². The van der Waals surface area contributed by atoms with E-state index >= 15 is 0 Å². The van der Waals surface area contributed by atoms with Crippen molar-refractivity contribution in [2.75, 3.05) is 0 Å². The third-order valence-corrected chi connectivity index (χ3v) is 1.78. The molecule has 0 radical (unpaired) electrons. The zero-order valence-electron chi connectivity index (χ0n) is 4.74. The van der Waals surface area contributed by atoms with Crippen molar-refractivity contribution in [3.63, 3.8) is 0 Å². The van der Waals surface area contributed by atoms with Crippen molar-refractivity contribution in [1.29, 1.82) is 0 Å². The minimum absolute atomic E-state index is 0.449. The molecule has 0 saturated carbocycles. The van der Waals surface area contributed by atoms with Crippen LogP contribution in [0.3, 0.4) is 0 Å². The molecule has 3 heteroatoms. The minimum Gasteiger partial charge on any atom is -0.455 e. The maximum Gasteiger partial charge on any atom is 0.194 e. The van der Waals surface area contributed by atoms with E-state index in [4.69, 9.17) is 4.42 Å². The summed E-state index contributed by atoms with van der Waals surface area (Å²) >= 11 is 0. The van der Waals surface area contributed by atoms with Gasteiger partial charge < -0.3 is 4.42 Å². The first kappa shape index (κ1) is 6.29. The molecule has 0 fully saturated rings. The Morgan fingerprint density at radius 2 is 2.56 bits per heavy atom. The van der Waals surface area contributed by atoms with Crippen molar-refractivity contribution >= 4 is 10.8 Å². The fraction of sp³-hybridized carbons (Fsp3) is 0. The standard InChI is InChI=1S/C6H6O2S/c1-2-9(7)6-4-3-5-8-6/h2-5H,1H2/t9-/m1/s1. The van der Waals surface area contributed by atoms with Gasteiger partial charge in [0.2, 0.25) is 0 Å². The first-order valence-electron chi connectivity index (χ1n) is 2.41. The van der Waals surface area contributed by atoms with E-state index in [9.17, 15) is 4.21 Å². The Bertz CT molecular complexity index is 213. The summed E-state index contributed by atoms with van der Waals surface area (Å²) in [6, 6.07) is 3.34. The van der Waals surface area contributed by atoms with E-state index < -0.39 is 10.8 Å². The molecule has 0 amide bonds. The van der Waals surface area contributed by atoms with Crippen LogP contribution in [0.25, 0.3) is 0 Å². The summed E-state index contributed by atoms with van der Waals surface area (Å²) in [4.78, 5) is 0. The maximum absolute atomic E-state index is 10.8. The third-order valence-electron chi connectivity index (χ3n) is 0.845. The molecule has 0 saturated heterocycles. The van der Waals surface area contributed by atoms with E-state index in [1.54, 1.807) is 12.1 Å². The summed E-state index contributed by atoms with van der Waals surface area (Å²) in [6.45, 7) is 3.36. The van der Waals surface area contributed by atoms with E-state index in [0.717, 1.165) is 0 Å². The monoisotopic (exact) mass is 142 g/mol. The number of rotatable bonds is 2. The van der Waals surface area contributed by atoms with Crippen molar-refractivity contribution in [3.8, 4) is 0 Å². The molecule has 1 rings (SSSR count). The van der Waals surface area contributed by atoms with Crippen molar-refractivity contribution in [2.45, 2.75) is 5.09 Å². The Morgan fingerprint density at radius 3 is 3.00 bits per heavy atom. The summed E-state index contributed by atoms with van der Waals surface area (Å²) in [5.74, 6) is 0. The lowest BCUT2D eigenvalue weighted by atomic mass is 10.7. The van der Waals surface area contributed by atoms with Crippen LogP contribution >= 0.6 is 0 Å². The van der Waals surface area contributed by atoms with Gasteiger partial charge in [-0.05, 0) is 12.1 Å². The molecule has 0 aromatic carbocycles. The minimum atomic E-state index is -1.16. The van der Waals surface area contributed by atoms with Gasteiger partial charge in [-0.1, -0.05) is 6.58 Å². The highest BCUT2D eigenvalue weighted by atomic mass is 32.2. The van der Waals surface area contributed by atoms with Gasteiger partial charge in [-0.15, -0.1) is 0 Å². The molecule has 1 aromatic rings. The Balaban J connectivity index is 2.89.